The maximum Gasteiger partial charge on any atom is 0.306 e. The Morgan fingerprint density at radius 2 is 2.35 bits per heavy atom. The molecular formula is C12H19N3O2. The highest BCUT2D eigenvalue weighted by Crippen LogP contribution is 2.18. The number of rotatable bonds is 4. The van der Waals surface area contributed by atoms with E-state index in [4.69, 9.17) is 5.11 Å². The molecule has 0 aliphatic carbocycles. The van der Waals surface area contributed by atoms with Crippen molar-refractivity contribution < 1.29 is 9.90 Å². The quantitative estimate of drug-likeness (QED) is 0.822. The van der Waals surface area contributed by atoms with Crippen LogP contribution in [0.2, 0.25) is 0 Å². The van der Waals surface area contributed by atoms with Gasteiger partial charge in [-0.1, -0.05) is 6.92 Å². The molecule has 0 radical (unpaired) electrons. The second kappa shape index (κ2) is 5.31. The molecule has 2 N–H and O–H groups in total. The molecule has 1 aromatic heterocycles. The lowest BCUT2D eigenvalue weighted by molar-refractivity contribution is -0.141. The minimum atomic E-state index is -0.750. The van der Waals surface area contributed by atoms with E-state index in [1.165, 1.54) is 0 Å². The fourth-order valence-corrected chi connectivity index (χ4v) is 2.19. The van der Waals surface area contributed by atoms with Crippen LogP contribution in [0.3, 0.4) is 0 Å². The van der Waals surface area contributed by atoms with Crippen LogP contribution in [0.15, 0.2) is 12.4 Å². The van der Waals surface area contributed by atoms with Crippen LogP contribution in [-0.4, -0.2) is 33.9 Å². The predicted molar refractivity (Wildman–Crippen MR) is 63.9 cm³/mol. The highest BCUT2D eigenvalue weighted by atomic mass is 16.4. The smallest absolute Gasteiger partial charge is 0.306 e. The van der Waals surface area contributed by atoms with Crippen molar-refractivity contribution in [1.29, 1.82) is 0 Å². The molecule has 2 rings (SSSR count). The predicted octanol–water partition coefficient (Wildman–Crippen LogP) is 1.07. The number of hydrogen-bond donors (Lipinski definition) is 2. The van der Waals surface area contributed by atoms with Gasteiger partial charge in [0.2, 0.25) is 0 Å². The van der Waals surface area contributed by atoms with Crippen molar-refractivity contribution in [3.8, 4) is 0 Å². The van der Waals surface area contributed by atoms with E-state index in [1.807, 2.05) is 10.9 Å². The average molecular weight is 237 g/mol. The Balaban J connectivity index is 1.97. The summed E-state index contributed by atoms with van der Waals surface area (Å²) in [6, 6.07) is 0.463. The van der Waals surface area contributed by atoms with Gasteiger partial charge in [-0.25, -0.2) is 0 Å². The summed E-state index contributed by atoms with van der Waals surface area (Å²) in [4.78, 5) is 10.8. The van der Waals surface area contributed by atoms with Crippen molar-refractivity contribution >= 4 is 5.97 Å². The summed E-state index contributed by atoms with van der Waals surface area (Å²) < 4.78 is 1.99. The molecule has 94 valence electrons. The minimum absolute atomic E-state index is 0.347. The molecule has 1 fully saturated rings. The van der Waals surface area contributed by atoms with Crippen molar-refractivity contribution in [2.45, 2.75) is 32.2 Å². The lowest BCUT2D eigenvalue weighted by Gasteiger charge is -2.22. The van der Waals surface area contributed by atoms with Gasteiger partial charge in [-0.05, 0) is 37.9 Å². The van der Waals surface area contributed by atoms with Gasteiger partial charge in [0.25, 0.3) is 0 Å². The molecule has 1 aliphatic rings. The lowest BCUT2D eigenvalue weighted by Crippen LogP contribution is -2.29. The fourth-order valence-electron chi connectivity index (χ4n) is 2.19. The first-order valence-corrected chi connectivity index (χ1v) is 6.13. The van der Waals surface area contributed by atoms with E-state index < -0.39 is 5.97 Å². The van der Waals surface area contributed by atoms with Gasteiger partial charge >= 0.3 is 5.97 Å². The molecular weight excluding hydrogens is 218 g/mol. The highest BCUT2D eigenvalue weighted by Gasteiger charge is 2.17. The maximum atomic E-state index is 10.8. The third-order valence-electron chi connectivity index (χ3n) is 3.30. The van der Waals surface area contributed by atoms with Crippen LogP contribution in [0, 0.1) is 5.92 Å². The van der Waals surface area contributed by atoms with E-state index in [1.54, 1.807) is 13.1 Å². The zero-order valence-corrected chi connectivity index (χ0v) is 10.1. The largest absolute Gasteiger partial charge is 0.481 e. The Kier molecular flexibility index (Phi) is 3.78. The minimum Gasteiger partial charge on any atom is -0.481 e. The normalized spacial score (nSPS) is 19.1. The van der Waals surface area contributed by atoms with Crippen molar-refractivity contribution in [2.75, 3.05) is 13.1 Å². The van der Waals surface area contributed by atoms with Crippen LogP contribution in [0.25, 0.3) is 0 Å². The number of carboxylic acids is 1. The Bertz CT molecular complexity index is 383. The summed E-state index contributed by atoms with van der Waals surface area (Å²) in [7, 11) is 0. The molecule has 0 spiro atoms. The molecule has 1 saturated heterocycles. The lowest BCUT2D eigenvalue weighted by atomic mass is 10.0. The summed E-state index contributed by atoms with van der Waals surface area (Å²) in [6.45, 7) is 3.79. The first kappa shape index (κ1) is 12.1. The number of hydrogen-bond acceptors (Lipinski definition) is 3. The topological polar surface area (TPSA) is 67.2 Å². The van der Waals surface area contributed by atoms with Crippen LogP contribution in [-0.2, 0) is 11.2 Å². The maximum absolute atomic E-state index is 10.8. The number of carboxylic acid groups (broad SMARTS) is 1. The third kappa shape index (κ3) is 3.06. The molecule has 17 heavy (non-hydrogen) atoms. The van der Waals surface area contributed by atoms with Crippen LogP contribution in [0.5, 0.6) is 0 Å². The molecule has 1 unspecified atom stereocenters. The summed E-state index contributed by atoms with van der Waals surface area (Å²) in [5.41, 5.74) is 1.01. The number of nitrogens with one attached hydrogen (secondary N) is 1. The van der Waals surface area contributed by atoms with Gasteiger partial charge in [-0.3, -0.25) is 9.48 Å². The number of carbonyl (C=O) groups is 1. The Labute approximate surface area is 101 Å². The van der Waals surface area contributed by atoms with Gasteiger partial charge in [0, 0.05) is 6.20 Å². The van der Waals surface area contributed by atoms with E-state index in [9.17, 15) is 4.79 Å². The molecule has 5 heteroatoms. The molecule has 0 saturated carbocycles. The van der Waals surface area contributed by atoms with Crippen LogP contribution < -0.4 is 5.32 Å². The van der Waals surface area contributed by atoms with E-state index in [0.717, 1.165) is 31.5 Å². The fraction of sp³-hybridized carbons (Fsp3) is 0.667. The molecule has 1 atom stereocenters. The Morgan fingerprint density at radius 3 is 3.00 bits per heavy atom. The summed E-state index contributed by atoms with van der Waals surface area (Å²) in [6.07, 6.45) is 6.53. The molecule has 0 amide bonds. The van der Waals surface area contributed by atoms with E-state index >= 15 is 0 Å². The third-order valence-corrected chi connectivity index (χ3v) is 3.30. The second-order valence-corrected chi connectivity index (χ2v) is 4.75. The van der Waals surface area contributed by atoms with Crippen molar-refractivity contribution in [2.24, 2.45) is 5.92 Å². The molecule has 0 bridgehead atoms. The molecule has 2 heterocycles. The monoisotopic (exact) mass is 237 g/mol. The average Bonchev–Trinajstić information content (AvgIpc) is 2.78. The Morgan fingerprint density at radius 1 is 1.65 bits per heavy atom. The van der Waals surface area contributed by atoms with Gasteiger partial charge in [-0.2, -0.15) is 5.10 Å². The number of piperidine rings is 1. The molecule has 1 aromatic rings. The van der Waals surface area contributed by atoms with Gasteiger partial charge in [0.15, 0.2) is 0 Å². The summed E-state index contributed by atoms with van der Waals surface area (Å²) >= 11 is 0. The first-order valence-electron chi connectivity index (χ1n) is 6.13. The van der Waals surface area contributed by atoms with Crippen molar-refractivity contribution in [1.82, 2.24) is 15.1 Å². The van der Waals surface area contributed by atoms with Crippen LogP contribution in [0.4, 0.5) is 0 Å². The summed E-state index contributed by atoms with van der Waals surface area (Å²) in [5.74, 6) is -1.10. The number of aromatic nitrogens is 2. The number of nitrogens with zero attached hydrogens (tertiary/aromatic N) is 2. The Hall–Kier alpha value is -1.36. The molecule has 5 nitrogen and oxygen atoms in total. The van der Waals surface area contributed by atoms with E-state index in [2.05, 4.69) is 10.4 Å². The summed E-state index contributed by atoms with van der Waals surface area (Å²) in [5, 5.41) is 16.5. The van der Waals surface area contributed by atoms with E-state index in [-0.39, 0.29) is 5.92 Å². The van der Waals surface area contributed by atoms with E-state index in [0.29, 0.717) is 12.5 Å². The van der Waals surface area contributed by atoms with Crippen molar-refractivity contribution in [3.63, 3.8) is 0 Å². The van der Waals surface area contributed by atoms with Gasteiger partial charge < -0.3 is 10.4 Å². The zero-order chi connectivity index (χ0) is 12.3. The SMILES string of the molecule is CC(Cc1cnn(C2CCNCC2)c1)C(=O)O. The van der Waals surface area contributed by atoms with Crippen molar-refractivity contribution in [3.05, 3.63) is 18.0 Å². The molecule has 1 aliphatic heterocycles. The first-order chi connectivity index (χ1) is 8.16. The highest BCUT2D eigenvalue weighted by molar-refractivity contribution is 5.69. The van der Waals surface area contributed by atoms with Gasteiger partial charge in [-0.15, -0.1) is 0 Å². The van der Waals surface area contributed by atoms with Gasteiger partial charge in [0.05, 0.1) is 18.2 Å². The standard InChI is InChI=1S/C12H19N3O2/c1-9(12(16)17)6-10-7-14-15(8-10)11-2-4-13-5-3-11/h7-9,11,13H,2-6H2,1H3,(H,16,17). The van der Waals surface area contributed by atoms with Crippen LogP contribution >= 0.6 is 0 Å². The molecule has 0 aromatic carbocycles. The number of aliphatic carboxylic acids is 1. The van der Waals surface area contributed by atoms with Gasteiger partial charge in [0.1, 0.15) is 0 Å². The van der Waals surface area contributed by atoms with Crippen LogP contribution in [0.1, 0.15) is 31.4 Å². The zero-order valence-electron chi connectivity index (χ0n) is 10.1. The second-order valence-electron chi connectivity index (χ2n) is 4.75.